The van der Waals surface area contributed by atoms with Crippen molar-refractivity contribution < 1.29 is 16.9 Å². The fraction of sp³-hybridized carbons (Fsp3) is 0.800. The lowest BCUT2D eigenvalue weighted by Gasteiger charge is -2.37. The van der Waals surface area contributed by atoms with Gasteiger partial charge in [0.25, 0.3) is 0 Å². The van der Waals surface area contributed by atoms with Crippen LogP contribution in [-0.2, 0) is 0 Å². The van der Waals surface area contributed by atoms with Crippen LogP contribution in [0.5, 0.6) is 0 Å². The van der Waals surface area contributed by atoms with Gasteiger partial charge in [-0.2, -0.15) is 0 Å². The number of unbranched alkanes of at least 4 members (excludes halogenated alkanes) is 16. The number of nitrogens with zero attached hydrogens (tertiary/aromatic N) is 1. The van der Waals surface area contributed by atoms with E-state index in [-0.39, 0.29) is 12.4 Å². The maximum absolute atomic E-state index is 2.39. The van der Waals surface area contributed by atoms with Gasteiger partial charge in [-0.25, -0.2) is 0 Å². The third kappa shape index (κ3) is 15.3. The first-order chi connectivity index (χ1) is 15.1. The topological polar surface area (TPSA) is 0 Å². The first-order valence-electron chi connectivity index (χ1n) is 14.0. The van der Waals surface area contributed by atoms with Crippen LogP contribution < -0.4 is 12.4 Å². The van der Waals surface area contributed by atoms with E-state index in [1.165, 1.54) is 128 Å². The molecule has 0 fully saturated rings. The molecule has 32 heavy (non-hydrogen) atoms. The molecule has 0 amide bonds. The number of quaternary nitrogens is 1. The van der Waals surface area contributed by atoms with Gasteiger partial charge >= 0.3 is 0 Å². The molecule has 188 valence electrons. The molecule has 0 saturated heterocycles. The summed E-state index contributed by atoms with van der Waals surface area (Å²) in [6, 6.07) is 11.8. The highest BCUT2D eigenvalue weighted by molar-refractivity contribution is 5.17. The van der Waals surface area contributed by atoms with E-state index in [0.29, 0.717) is 6.04 Å². The van der Waals surface area contributed by atoms with Gasteiger partial charge in [-0.1, -0.05) is 140 Å². The Morgan fingerprint density at radius 3 is 1.31 bits per heavy atom. The van der Waals surface area contributed by atoms with Crippen molar-refractivity contribution in [3.8, 4) is 0 Å². The first-order valence-corrected chi connectivity index (χ1v) is 14.0. The van der Waals surface area contributed by atoms with Crippen molar-refractivity contribution in [2.24, 2.45) is 0 Å². The van der Waals surface area contributed by atoms with Crippen molar-refractivity contribution in [2.45, 2.75) is 135 Å². The number of benzene rings is 1. The summed E-state index contributed by atoms with van der Waals surface area (Å²) in [6.45, 7) is 5.82. The van der Waals surface area contributed by atoms with Gasteiger partial charge in [0.1, 0.15) is 6.04 Å². The Bertz CT molecular complexity index is 499. The molecule has 0 saturated carbocycles. The molecule has 1 nitrogen and oxygen atoms in total. The van der Waals surface area contributed by atoms with Crippen molar-refractivity contribution in [1.82, 2.24) is 0 Å². The zero-order chi connectivity index (χ0) is 22.6. The van der Waals surface area contributed by atoms with E-state index in [9.17, 15) is 0 Å². The van der Waals surface area contributed by atoms with Gasteiger partial charge in [0.2, 0.25) is 0 Å². The molecule has 0 aromatic heterocycles. The van der Waals surface area contributed by atoms with Gasteiger partial charge in [-0.15, -0.1) is 0 Å². The molecule has 0 bridgehead atoms. The molecular formula is C30H56ClN. The van der Waals surface area contributed by atoms with Crippen molar-refractivity contribution in [3.63, 3.8) is 0 Å². The Hall–Kier alpha value is -0.530. The first kappa shape index (κ1) is 31.5. The third-order valence-electron chi connectivity index (χ3n) is 7.42. The summed E-state index contributed by atoms with van der Waals surface area (Å²) in [5.41, 5.74) is 1.52. The minimum atomic E-state index is 0. The molecule has 0 N–H and O–H groups in total. The minimum absolute atomic E-state index is 0. The molecule has 1 aromatic carbocycles. The van der Waals surface area contributed by atoms with E-state index < -0.39 is 0 Å². The van der Waals surface area contributed by atoms with Crippen LogP contribution in [0.15, 0.2) is 30.3 Å². The SMILES string of the molecule is CCCCCCCCCCCCCCCCCCCC(c1ccccc1)[N+](C)(C)CC.[Cl-]. The normalized spacial score (nSPS) is 12.5. The third-order valence-corrected chi connectivity index (χ3v) is 7.42. The van der Waals surface area contributed by atoms with Crippen molar-refractivity contribution in [3.05, 3.63) is 35.9 Å². The Balaban J connectivity index is 0.00000961. The van der Waals surface area contributed by atoms with Gasteiger partial charge in [-0.05, 0) is 13.3 Å². The van der Waals surface area contributed by atoms with E-state index in [4.69, 9.17) is 0 Å². The Morgan fingerprint density at radius 2 is 0.938 bits per heavy atom. The summed E-state index contributed by atoms with van der Waals surface area (Å²) < 4.78 is 1.10. The molecule has 1 unspecified atom stereocenters. The summed E-state index contributed by atoms with van der Waals surface area (Å²) in [5.74, 6) is 0. The van der Waals surface area contributed by atoms with Crippen molar-refractivity contribution in [2.75, 3.05) is 20.6 Å². The summed E-state index contributed by atoms with van der Waals surface area (Å²) in [4.78, 5) is 0. The molecule has 0 aliphatic heterocycles. The van der Waals surface area contributed by atoms with Crippen molar-refractivity contribution >= 4 is 0 Å². The van der Waals surface area contributed by atoms with Crippen LogP contribution in [0, 0.1) is 0 Å². The van der Waals surface area contributed by atoms with Gasteiger partial charge in [0, 0.05) is 12.0 Å². The predicted octanol–water partition coefficient (Wildman–Crippen LogP) is 6.87. The molecule has 0 radical (unpaired) electrons. The number of hydrogen-bond donors (Lipinski definition) is 0. The lowest BCUT2D eigenvalue weighted by atomic mass is 9.96. The van der Waals surface area contributed by atoms with Crippen LogP contribution in [0.4, 0.5) is 0 Å². The summed E-state index contributed by atoms with van der Waals surface area (Å²) in [7, 11) is 4.79. The van der Waals surface area contributed by atoms with Crippen LogP contribution >= 0.6 is 0 Å². The highest BCUT2D eigenvalue weighted by Crippen LogP contribution is 2.30. The highest BCUT2D eigenvalue weighted by atomic mass is 35.5. The fourth-order valence-corrected chi connectivity index (χ4v) is 4.88. The maximum atomic E-state index is 2.39. The van der Waals surface area contributed by atoms with E-state index in [0.717, 1.165) is 4.48 Å². The van der Waals surface area contributed by atoms with E-state index in [1.54, 1.807) is 0 Å². The fourth-order valence-electron chi connectivity index (χ4n) is 4.88. The monoisotopic (exact) mass is 465 g/mol. The molecule has 2 heteroatoms. The van der Waals surface area contributed by atoms with Crippen LogP contribution in [0.1, 0.15) is 141 Å². The summed E-state index contributed by atoms with van der Waals surface area (Å²) in [5, 5.41) is 0. The number of halogens is 1. The van der Waals surface area contributed by atoms with E-state index in [2.05, 4.69) is 58.3 Å². The van der Waals surface area contributed by atoms with Gasteiger partial charge in [0.05, 0.1) is 20.6 Å². The molecular weight excluding hydrogens is 410 g/mol. The average molecular weight is 466 g/mol. The Labute approximate surface area is 208 Å². The highest BCUT2D eigenvalue weighted by Gasteiger charge is 2.27. The molecule has 0 aliphatic rings. The van der Waals surface area contributed by atoms with Crippen LogP contribution in [0.3, 0.4) is 0 Å². The summed E-state index contributed by atoms with van der Waals surface area (Å²) in [6.07, 6.45) is 25.9. The zero-order valence-corrected chi connectivity index (χ0v) is 23.0. The number of rotatable bonds is 21. The Kier molecular flexibility index (Phi) is 20.7. The second-order valence-corrected chi connectivity index (χ2v) is 10.5. The standard InChI is InChI=1S/C30H56N.ClH/c1-5-7-8-9-10-11-12-13-14-15-16-17-18-19-20-21-25-28-30(31(3,4)6-2)29-26-23-22-24-27-29;/h22-24,26-27,30H,5-21,25,28H2,1-4H3;1H/q+1;/p-1. The average Bonchev–Trinajstić information content (AvgIpc) is 2.78. The minimum Gasteiger partial charge on any atom is -1.00 e. The van der Waals surface area contributed by atoms with Crippen LogP contribution in [-0.4, -0.2) is 25.1 Å². The van der Waals surface area contributed by atoms with Gasteiger partial charge in [-0.3, -0.25) is 0 Å². The molecule has 0 heterocycles. The molecule has 0 aliphatic carbocycles. The second kappa shape index (κ2) is 21.0. The lowest BCUT2D eigenvalue weighted by molar-refractivity contribution is -0.920. The van der Waals surface area contributed by atoms with E-state index >= 15 is 0 Å². The van der Waals surface area contributed by atoms with Crippen LogP contribution in [0.25, 0.3) is 0 Å². The second-order valence-electron chi connectivity index (χ2n) is 10.5. The van der Waals surface area contributed by atoms with Gasteiger partial charge < -0.3 is 16.9 Å². The van der Waals surface area contributed by atoms with Crippen molar-refractivity contribution in [1.29, 1.82) is 0 Å². The zero-order valence-electron chi connectivity index (χ0n) is 22.2. The smallest absolute Gasteiger partial charge is 0.114 e. The van der Waals surface area contributed by atoms with Crippen LogP contribution in [0.2, 0.25) is 0 Å². The largest absolute Gasteiger partial charge is 1.00 e. The van der Waals surface area contributed by atoms with E-state index in [1.807, 2.05) is 0 Å². The molecule has 0 spiro atoms. The number of hydrogen-bond acceptors (Lipinski definition) is 0. The quantitative estimate of drug-likeness (QED) is 0.137. The molecule has 1 rings (SSSR count). The maximum Gasteiger partial charge on any atom is 0.114 e. The predicted molar refractivity (Wildman–Crippen MR) is 141 cm³/mol. The van der Waals surface area contributed by atoms with Gasteiger partial charge in [0.15, 0.2) is 0 Å². The summed E-state index contributed by atoms with van der Waals surface area (Å²) >= 11 is 0. The molecule has 1 aromatic rings. The molecule has 1 atom stereocenters. The Morgan fingerprint density at radius 1 is 0.562 bits per heavy atom. The lowest BCUT2D eigenvalue weighted by Crippen LogP contribution is -3.00.